The highest BCUT2D eigenvalue weighted by atomic mass is 32.2. The standard InChI is InChI=1S/C16H26N4O3S2/c21-16(18-6-3-9-19-11-7-17-8-12-19)14-4-1-10-20(14)25(22,23)15-5-2-13-24-15/h2,5,13-14,17H,1,3-4,6-12H2,(H,18,21). The van der Waals surface area contributed by atoms with E-state index in [9.17, 15) is 13.2 Å². The second kappa shape index (κ2) is 8.59. The van der Waals surface area contributed by atoms with Crippen LogP contribution in [0.2, 0.25) is 0 Å². The van der Waals surface area contributed by atoms with E-state index in [-0.39, 0.29) is 5.91 Å². The summed E-state index contributed by atoms with van der Waals surface area (Å²) >= 11 is 1.20. The Kier molecular flexibility index (Phi) is 6.45. The number of rotatable bonds is 7. The van der Waals surface area contributed by atoms with Gasteiger partial charge in [0.15, 0.2) is 0 Å². The number of amides is 1. The molecule has 2 aliphatic rings. The Morgan fingerprint density at radius 2 is 2.12 bits per heavy atom. The normalized spacial score (nSPS) is 23.0. The van der Waals surface area contributed by atoms with Crippen LogP contribution in [0.1, 0.15) is 19.3 Å². The molecular formula is C16H26N4O3S2. The van der Waals surface area contributed by atoms with Gasteiger partial charge in [-0.2, -0.15) is 4.31 Å². The molecule has 9 heteroatoms. The first kappa shape index (κ1) is 18.8. The minimum absolute atomic E-state index is 0.169. The Morgan fingerprint density at radius 3 is 2.84 bits per heavy atom. The van der Waals surface area contributed by atoms with Crippen LogP contribution in [0.5, 0.6) is 0 Å². The highest BCUT2D eigenvalue weighted by Gasteiger charge is 2.39. The maximum Gasteiger partial charge on any atom is 0.253 e. The van der Waals surface area contributed by atoms with Crippen molar-refractivity contribution in [3.05, 3.63) is 17.5 Å². The molecule has 0 saturated carbocycles. The number of nitrogens with zero attached hydrogens (tertiary/aromatic N) is 2. The summed E-state index contributed by atoms with van der Waals surface area (Å²) in [5, 5.41) is 7.99. The molecule has 0 bridgehead atoms. The van der Waals surface area contributed by atoms with Gasteiger partial charge >= 0.3 is 0 Å². The third-order valence-corrected chi connectivity index (χ3v) is 8.01. The predicted molar refractivity (Wildman–Crippen MR) is 98.2 cm³/mol. The molecule has 3 heterocycles. The van der Waals surface area contributed by atoms with Crippen LogP contribution in [-0.2, 0) is 14.8 Å². The summed E-state index contributed by atoms with van der Waals surface area (Å²) in [6.07, 6.45) is 2.20. The van der Waals surface area contributed by atoms with Crippen LogP contribution < -0.4 is 10.6 Å². The van der Waals surface area contributed by atoms with Crippen molar-refractivity contribution < 1.29 is 13.2 Å². The van der Waals surface area contributed by atoms with Gasteiger partial charge < -0.3 is 15.5 Å². The van der Waals surface area contributed by atoms with Crippen LogP contribution in [-0.4, -0.2) is 75.4 Å². The molecule has 2 aliphatic heterocycles. The fourth-order valence-electron chi connectivity index (χ4n) is 3.38. The lowest BCUT2D eigenvalue weighted by Crippen LogP contribution is -2.47. The minimum atomic E-state index is -3.56. The number of thiophene rings is 1. The second-order valence-electron chi connectivity index (χ2n) is 6.44. The number of nitrogens with one attached hydrogen (secondary N) is 2. The van der Waals surface area contributed by atoms with E-state index in [4.69, 9.17) is 0 Å². The van der Waals surface area contributed by atoms with Crippen molar-refractivity contribution in [3.8, 4) is 0 Å². The summed E-state index contributed by atoms with van der Waals surface area (Å²) < 4.78 is 27.1. The fourth-order valence-corrected chi connectivity index (χ4v) is 6.16. The second-order valence-corrected chi connectivity index (χ2v) is 9.51. The summed E-state index contributed by atoms with van der Waals surface area (Å²) in [6.45, 7) is 6.09. The molecule has 7 nitrogen and oxygen atoms in total. The third-order valence-electron chi connectivity index (χ3n) is 4.72. The maximum atomic E-state index is 12.7. The number of piperazine rings is 1. The summed E-state index contributed by atoms with van der Waals surface area (Å²) in [5.74, 6) is -0.169. The molecule has 3 rings (SSSR count). The van der Waals surface area contributed by atoms with Crippen molar-refractivity contribution in [2.75, 3.05) is 45.8 Å². The van der Waals surface area contributed by atoms with Gasteiger partial charge in [0.2, 0.25) is 5.91 Å². The number of carbonyl (C=O) groups is 1. The van der Waals surface area contributed by atoms with Gasteiger partial charge in [0, 0.05) is 39.3 Å². The highest BCUT2D eigenvalue weighted by Crippen LogP contribution is 2.28. The molecule has 1 aromatic rings. The Morgan fingerprint density at radius 1 is 1.32 bits per heavy atom. The van der Waals surface area contributed by atoms with Crippen molar-refractivity contribution in [1.82, 2.24) is 19.8 Å². The van der Waals surface area contributed by atoms with E-state index in [0.29, 0.717) is 23.7 Å². The number of hydrogen-bond donors (Lipinski definition) is 2. The highest BCUT2D eigenvalue weighted by molar-refractivity contribution is 7.91. The molecule has 1 atom stereocenters. The summed E-state index contributed by atoms with van der Waals surface area (Å²) in [7, 11) is -3.56. The van der Waals surface area contributed by atoms with E-state index in [1.807, 2.05) is 0 Å². The Hall–Kier alpha value is -1.00. The van der Waals surface area contributed by atoms with Crippen LogP contribution in [0.15, 0.2) is 21.7 Å². The monoisotopic (exact) mass is 386 g/mol. The first-order valence-corrected chi connectivity index (χ1v) is 11.2. The Labute approximate surface area is 153 Å². The van der Waals surface area contributed by atoms with Gasteiger partial charge in [-0.05, 0) is 37.3 Å². The predicted octanol–water partition coefficient (Wildman–Crippen LogP) is 0.313. The van der Waals surface area contributed by atoms with E-state index in [0.717, 1.165) is 45.6 Å². The summed E-state index contributed by atoms with van der Waals surface area (Å²) in [4.78, 5) is 14.9. The largest absolute Gasteiger partial charge is 0.355 e. The van der Waals surface area contributed by atoms with E-state index in [1.54, 1.807) is 17.5 Å². The maximum absolute atomic E-state index is 12.7. The molecule has 0 spiro atoms. The molecule has 1 unspecified atom stereocenters. The van der Waals surface area contributed by atoms with Crippen LogP contribution >= 0.6 is 11.3 Å². The van der Waals surface area contributed by atoms with E-state index in [1.165, 1.54) is 15.6 Å². The molecule has 2 fully saturated rings. The van der Waals surface area contributed by atoms with Gasteiger partial charge in [-0.3, -0.25) is 4.79 Å². The van der Waals surface area contributed by atoms with Crippen LogP contribution in [0.25, 0.3) is 0 Å². The third kappa shape index (κ3) is 4.59. The molecule has 2 N–H and O–H groups in total. The van der Waals surface area contributed by atoms with Crippen molar-refractivity contribution in [3.63, 3.8) is 0 Å². The van der Waals surface area contributed by atoms with Gasteiger partial charge in [-0.1, -0.05) is 6.07 Å². The lowest BCUT2D eigenvalue weighted by atomic mass is 10.2. The molecule has 1 amide bonds. The molecular weight excluding hydrogens is 360 g/mol. The van der Waals surface area contributed by atoms with Crippen molar-refractivity contribution >= 4 is 27.3 Å². The fraction of sp³-hybridized carbons (Fsp3) is 0.688. The molecule has 25 heavy (non-hydrogen) atoms. The number of carbonyl (C=O) groups excluding carboxylic acids is 1. The zero-order valence-corrected chi connectivity index (χ0v) is 15.9. The minimum Gasteiger partial charge on any atom is -0.355 e. The average Bonchev–Trinajstić information content (AvgIpc) is 3.31. The SMILES string of the molecule is O=C(NCCCN1CCNCC1)C1CCCN1S(=O)(=O)c1cccs1. The molecule has 140 valence electrons. The number of sulfonamides is 1. The molecule has 2 saturated heterocycles. The first-order chi connectivity index (χ1) is 12.1. The summed E-state index contributed by atoms with van der Waals surface area (Å²) in [5.41, 5.74) is 0. The van der Waals surface area contributed by atoms with Gasteiger partial charge in [0.1, 0.15) is 10.3 Å². The van der Waals surface area contributed by atoms with Gasteiger partial charge in [-0.15, -0.1) is 11.3 Å². The summed E-state index contributed by atoms with van der Waals surface area (Å²) in [6, 6.07) is 2.74. The first-order valence-electron chi connectivity index (χ1n) is 8.85. The van der Waals surface area contributed by atoms with Crippen molar-refractivity contribution in [2.45, 2.75) is 29.5 Å². The smallest absolute Gasteiger partial charge is 0.253 e. The lowest BCUT2D eigenvalue weighted by molar-refractivity contribution is -0.124. The molecule has 0 radical (unpaired) electrons. The van der Waals surface area contributed by atoms with E-state index in [2.05, 4.69) is 15.5 Å². The Balaban J connectivity index is 1.49. The molecule has 0 aliphatic carbocycles. The average molecular weight is 387 g/mol. The zero-order chi connectivity index (χ0) is 17.7. The van der Waals surface area contributed by atoms with Crippen molar-refractivity contribution in [1.29, 1.82) is 0 Å². The van der Waals surface area contributed by atoms with E-state index >= 15 is 0 Å². The van der Waals surface area contributed by atoms with Crippen LogP contribution in [0, 0.1) is 0 Å². The van der Waals surface area contributed by atoms with E-state index < -0.39 is 16.1 Å². The van der Waals surface area contributed by atoms with Crippen molar-refractivity contribution in [2.24, 2.45) is 0 Å². The zero-order valence-electron chi connectivity index (χ0n) is 14.3. The Bertz CT molecular complexity index is 657. The molecule has 0 aromatic carbocycles. The quantitative estimate of drug-likeness (QED) is 0.660. The van der Waals surface area contributed by atoms with Gasteiger partial charge in [-0.25, -0.2) is 8.42 Å². The van der Waals surface area contributed by atoms with Crippen LogP contribution in [0.4, 0.5) is 0 Å². The van der Waals surface area contributed by atoms with Gasteiger partial charge in [0.25, 0.3) is 10.0 Å². The number of hydrogen-bond acceptors (Lipinski definition) is 6. The molecule has 1 aromatic heterocycles. The lowest BCUT2D eigenvalue weighted by Gasteiger charge is -2.27. The van der Waals surface area contributed by atoms with Crippen LogP contribution in [0.3, 0.4) is 0 Å². The topological polar surface area (TPSA) is 81.8 Å². The van der Waals surface area contributed by atoms with Gasteiger partial charge in [0.05, 0.1) is 0 Å².